The van der Waals surface area contributed by atoms with E-state index in [0.29, 0.717) is 44.2 Å². The number of carbonyl (C=O) groups is 2. The zero-order valence-corrected chi connectivity index (χ0v) is 28.9. The summed E-state index contributed by atoms with van der Waals surface area (Å²) in [5.74, 6) is -1.63. The van der Waals surface area contributed by atoms with Gasteiger partial charge in [0.15, 0.2) is 15.7 Å². The summed E-state index contributed by atoms with van der Waals surface area (Å²) in [6.07, 6.45) is 4.13. The molecular formula is C35H43FN6O6S. The number of halogens is 1. The van der Waals surface area contributed by atoms with Crippen molar-refractivity contribution in [2.75, 3.05) is 41.9 Å². The van der Waals surface area contributed by atoms with Gasteiger partial charge in [-0.2, -0.15) is 4.98 Å². The Morgan fingerprint density at radius 3 is 2.33 bits per heavy atom. The molecule has 4 fully saturated rings. The van der Waals surface area contributed by atoms with E-state index >= 15 is 4.39 Å². The van der Waals surface area contributed by atoms with E-state index in [4.69, 9.17) is 20.0 Å². The molecule has 14 heteroatoms. The van der Waals surface area contributed by atoms with E-state index in [9.17, 15) is 18.0 Å². The molecule has 0 unspecified atom stereocenters. The number of rotatable bonds is 6. The maximum Gasteiger partial charge on any atom is 0.254 e. The van der Waals surface area contributed by atoms with Crippen LogP contribution in [0.25, 0.3) is 0 Å². The van der Waals surface area contributed by atoms with Crippen LogP contribution in [0.4, 0.5) is 15.8 Å². The summed E-state index contributed by atoms with van der Waals surface area (Å²) in [7, 11) is -4.15. The minimum atomic E-state index is -4.15. The number of amides is 2. The number of nitrogens with two attached hydrogens (primary N) is 1. The lowest BCUT2D eigenvalue weighted by Crippen LogP contribution is -2.58. The Morgan fingerprint density at radius 1 is 1.06 bits per heavy atom. The first-order valence-electron chi connectivity index (χ1n) is 16.9. The van der Waals surface area contributed by atoms with Crippen molar-refractivity contribution in [1.82, 2.24) is 15.5 Å². The lowest BCUT2D eigenvalue weighted by Gasteiger charge is -2.52. The average molecular weight is 695 g/mol. The molecule has 12 nitrogen and oxygen atoms in total. The summed E-state index contributed by atoms with van der Waals surface area (Å²) >= 11 is 0. The number of hydrogen-bond acceptors (Lipinski definition) is 10. The Labute approximate surface area is 285 Å². The third kappa shape index (κ3) is 6.23. The molecule has 8 rings (SSSR count). The summed E-state index contributed by atoms with van der Waals surface area (Å²) in [4.78, 5) is 35.3. The Balaban J connectivity index is 1.14. The normalized spacial score (nSPS) is 26.7. The molecule has 3 saturated carbocycles. The molecule has 49 heavy (non-hydrogen) atoms. The fourth-order valence-electron chi connectivity index (χ4n) is 7.62. The topological polar surface area (TPSA) is 161 Å². The van der Waals surface area contributed by atoms with Gasteiger partial charge in [-0.1, -0.05) is 38.1 Å². The van der Waals surface area contributed by atoms with Gasteiger partial charge in [0.25, 0.3) is 5.91 Å². The van der Waals surface area contributed by atoms with Gasteiger partial charge in [0.1, 0.15) is 5.82 Å². The van der Waals surface area contributed by atoms with Crippen molar-refractivity contribution < 1.29 is 31.7 Å². The second-order valence-electron chi connectivity index (χ2n) is 15.1. The lowest BCUT2D eigenvalue weighted by atomic mass is 9.57. The highest BCUT2D eigenvalue weighted by Gasteiger charge is 2.53. The number of nitrogens with one attached hydrogen (secondary N) is 1. The SMILES string of the molecule is CC(C)(C)c1noc(C23CCC(NC(=O)c4cc5c(cc4F)S(=O)(=O)C[C@H](N)C(=O)N5Cc4ccc(N5CCOCC5)cc4)(CC2)CC3)n1. The Hall–Kier alpha value is -3.88. The van der Waals surface area contributed by atoms with Crippen molar-refractivity contribution in [1.29, 1.82) is 0 Å². The fraction of sp³-hybridized carbons (Fsp3) is 0.543. The maximum atomic E-state index is 15.7. The van der Waals surface area contributed by atoms with Crippen LogP contribution in [0.3, 0.4) is 0 Å². The zero-order chi connectivity index (χ0) is 34.8. The molecule has 262 valence electrons. The average Bonchev–Trinajstić information content (AvgIpc) is 3.59. The number of hydrogen-bond donors (Lipinski definition) is 2. The summed E-state index contributed by atoms with van der Waals surface area (Å²) in [5.41, 5.74) is 6.38. The summed E-state index contributed by atoms with van der Waals surface area (Å²) in [5, 5.41) is 7.33. The third-order valence-electron chi connectivity index (χ3n) is 10.7. The van der Waals surface area contributed by atoms with E-state index < -0.39 is 44.8 Å². The van der Waals surface area contributed by atoms with Gasteiger partial charge in [-0.05, 0) is 68.4 Å². The molecule has 5 aliphatic rings. The van der Waals surface area contributed by atoms with Gasteiger partial charge < -0.3 is 30.1 Å². The van der Waals surface area contributed by atoms with Gasteiger partial charge in [0.2, 0.25) is 11.8 Å². The molecule has 2 aromatic carbocycles. The molecule has 3 N–H and O–H groups in total. The van der Waals surface area contributed by atoms with Crippen LogP contribution in [0.15, 0.2) is 45.8 Å². The Morgan fingerprint density at radius 2 is 1.71 bits per heavy atom. The number of aromatic nitrogens is 2. The number of morpholine rings is 1. The number of ether oxygens (including phenoxy) is 1. The second kappa shape index (κ2) is 12.2. The molecule has 0 spiro atoms. The highest BCUT2D eigenvalue weighted by atomic mass is 32.2. The van der Waals surface area contributed by atoms with Crippen LogP contribution >= 0.6 is 0 Å². The van der Waals surface area contributed by atoms with Crippen LogP contribution < -0.4 is 20.9 Å². The van der Waals surface area contributed by atoms with Crippen LogP contribution in [0.1, 0.15) is 86.9 Å². The minimum absolute atomic E-state index is 0.0102. The van der Waals surface area contributed by atoms with Crippen LogP contribution in [-0.2, 0) is 36.7 Å². The first-order chi connectivity index (χ1) is 23.2. The number of carbonyl (C=O) groups excluding carboxylic acids is 2. The van der Waals surface area contributed by atoms with Crippen LogP contribution in [0.5, 0.6) is 0 Å². The number of fused-ring (bicyclic) bond motifs is 4. The van der Waals surface area contributed by atoms with Gasteiger partial charge >= 0.3 is 0 Å². The monoisotopic (exact) mass is 694 g/mol. The highest BCUT2D eigenvalue weighted by molar-refractivity contribution is 7.91. The molecular weight excluding hydrogens is 651 g/mol. The molecule has 2 amide bonds. The van der Waals surface area contributed by atoms with Crippen LogP contribution in [-0.4, -0.2) is 74.0 Å². The molecule has 0 radical (unpaired) electrons. The summed E-state index contributed by atoms with van der Waals surface area (Å²) in [6.45, 7) is 8.90. The Kier molecular flexibility index (Phi) is 8.34. The van der Waals surface area contributed by atoms with Gasteiger partial charge in [-0.15, -0.1) is 0 Å². The van der Waals surface area contributed by atoms with Crippen molar-refractivity contribution >= 4 is 33.0 Å². The fourth-order valence-corrected chi connectivity index (χ4v) is 9.18. The van der Waals surface area contributed by atoms with E-state index in [1.807, 2.05) is 45.0 Å². The van der Waals surface area contributed by atoms with Gasteiger partial charge in [-0.25, -0.2) is 12.8 Å². The van der Waals surface area contributed by atoms with E-state index in [2.05, 4.69) is 15.4 Å². The van der Waals surface area contributed by atoms with Crippen LogP contribution in [0, 0.1) is 5.82 Å². The number of benzene rings is 2. The molecule has 1 atom stereocenters. The van der Waals surface area contributed by atoms with Crippen molar-refractivity contribution in [3.8, 4) is 0 Å². The molecule has 2 bridgehead atoms. The standard InChI is InChI=1S/C35H43FN6O6S/c1-33(2,3)31-38-32(48-40-31)34-8-11-35(12-9-34,13-10-34)39-29(43)24-18-27-28(19-25(24)36)49(45,46)21-26(37)30(44)42(27)20-22-4-6-23(7-5-22)41-14-16-47-17-15-41/h4-7,18-19,26H,8-17,20-21,37H2,1-3H3,(H,39,43)/t26-,34?,35?/m0/s1. The predicted molar refractivity (Wildman–Crippen MR) is 180 cm³/mol. The van der Waals surface area contributed by atoms with Crippen molar-refractivity contribution in [3.63, 3.8) is 0 Å². The summed E-state index contributed by atoms with van der Waals surface area (Å²) in [6, 6.07) is 8.29. The molecule has 3 aromatic rings. The van der Waals surface area contributed by atoms with Crippen molar-refractivity contribution in [2.24, 2.45) is 5.73 Å². The van der Waals surface area contributed by atoms with E-state index in [-0.39, 0.29) is 33.5 Å². The maximum absolute atomic E-state index is 15.7. The number of sulfone groups is 1. The van der Waals surface area contributed by atoms with Crippen LogP contribution in [0.2, 0.25) is 0 Å². The minimum Gasteiger partial charge on any atom is -0.378 e. The van der Waals surface area contributed by atoms with Gasteiger partial charge in [-0.3, -0.25) is 9.59 Å². The smallest absolute Gasteiger partial charge is 0.254 e. The number of anilines is 2. The highest BCUT2D eigenvalue weighted by Crippen LogP contribution is 2.53. The van der Waals surface area contributed by atoms with E-state index in [1.54, 1.807) is 0 Å². The second-order valence-corrected chi connectivity index (χ2v) is 17.1. The lowest BCUT2D eigenvalue weighted by molar-refractivity contribution is -0.119. The molecule has 3 heterocycles. The summed E-state index contributed by atoms with van der Waals surface area (Å²) < 4.78 is 53.7. The first kappa shape index (κ1) is 33.6. The zero-order valence-electron chi connectivity index (χ0n) is 28.1. The molecule has 2 aliphatic heterocycles. The largest absolute Gasteiger partial charge is 0.378 e. The van der Waals surface area contributed by atoms with E-state index in [1.165, 1.54) is 11.0 Å². The van der Waals surface area contributed by atoms with Gasteiger partial charge in [0.05, 0.1) is 47.7 Å². The van der Waals surface area contributed by atoms with Crippen molar-refractivity contribution in [2.45, 2.75) is 93.1 Å². The number of nitrogens with zero attached hydrogens (tertiary/aromatic N) is 4. The third-order valence-corrected chi connectivity index (χ3v) is 12.5. The van der Waals surface area contributed by atoms with E-state index in [0.717, 1.165) is 49.7 Å². The molecule has 1 saturated heterocycles. The predicted octanol–water partition coefficient (Wildman–Crippen LogP) is 3.77. The molecule has 3 aliphatic carbocycles. The van der Waals surface area contributed by atoms with Crippen molar-refractivity contribution in [3.05, 3.63) is 65.1 Å². The van der Waals surface area contributed by atoms with Gasteiger partial charge in [0, 0.05) is 35.1 Å². The quantitative estimate of drug-likeness (QED) is 0.389. The first-order valence-corrected chi connectivity index (χ1v) is 18.6. The molecule has 1 aromatic heterocycles. The Bertz CT molecular complexity index is 1860.